The summed E-state index contributed by atoms with van der Waals surface area (Å²) in [6.07, 6.45) is 8.74. The summed E-state index contributed by atoms with van der Waals surface area (Å²) in [5, 5.41) is 8.99. The van der Waals surface area contributed by atoms with Crippen LogP contribution in [0.4, 0.5) is 5.69 Å². The molecule has 0 aliphatic carbocycles. The minimum atomic E-state index is -0.0473. The number of hydrogen-bond acceptors (Lipinski definition) is 2. The lowest BCUT2D eigenvalue weighted by atomic mass is 9.87. The zero-order valence-corrected chi connectivity index (χ0v) is 26.6. The summed E-state index contributed by atoms with van der Waals surface area (Å²) in [6, 6.07) is 55.0. The monoisotopic (exact) mass is 614 g/mol. The van der Waals surface area contributed by atoms with E-state index in [1.54, 1.807) is 0 Å². The molecule has 7 aromatic carbocycles. The zero-order chi connectivity index (χ0) is 31.9. The number of nitrogens with zero attached hydrogens (tertiary/aromatic N) is 1. The summed E-state index contributed by atoms with van der Waals surface area (Å²) >= 11 is 0. The normalized spacial score (nSPS) is 15.5. The molecule has 0 saturated heterocycles. The van der Waals surface area contributed by atoms with Crippen LogP contribution in [0, 0.1) is 0 Å². The number of rotatable bonds is 5. The van der Waals surface area contributed by atoms with Gasteiger partial charge in [-0.05, 0) is 115 Å². The summed E-state index contributed by atoms with van der Waals surface area (Å²) < 4.78 is 0. The highest BCUT2D eigenvalue weighted by Gasteiger charge is 2.22. The van der Waals surface area contributed by atoms with Gasteiger partial charge in [0.1, 0.15) is 0 Å². The van der Waals surface area contributed by atoms with E-state index in [0.717, 1.165) is 24.2 Å². The minimum Gasteiger partial charge on any atom is -0.374 e. The lowest BCUT2D eigenvalue weighted by Gasteiger charge is -2.27. The quantitative estimate of drug-likeness (QED) is 0.192. The van der Waals surface area contributed by atoms with Crippen molar-refractivity contribution in [1.82, 2.24) is 5.32 Å². The Balaban J connectivity index is 1.29. The van der Waals surface area contributed by atoms with E-state index < -0.39 is 0 Å². The third-order valence-corrected chi connectivity index (χ3v) is 9.74. The fraction of sp³-hybridized carbons (Fsp3) is 0.0652. The van der Waals surface area contributed by atoms with Gasteiger partial charge in [-0.2, -0.15) is 0 Å². The summed E-state index contributed by atoms with van der Waals surface area (Å²) in [5.74, 6) is 0. The van der Waals surface area contributed by atoms with Gasteiger partial charge < -0.3 is 5.32 Å². The Hall–Kier alpha value is -5.99. The van der Waals surface area contributed by atoms with E-state index in [9.17, 15) is 0 Å². The van der Waals surface area contributed by atoms with Crippen molar-refractivity contribution in [2.75, 3.05) is 0 Å². The van der Waals surface area contributed by atoms with Gasteiger partial charge in [0.05, 0.1) is 11.7 Å². The highest BCUT2D eigenvalue weighted by Crippen LogP contribution is 2.42. The number of benzene rings is 7. The molecule has 0 amide bonds. The van der Waals surface area contributed by atoms with Crippen LogP contribution in [0.3, 0.4) is 0 Å². The molecule has 2 nitrogen and oxygen atoms in total. The van der Waals surface area contributed by atoms with Crippen molar-refractivity contribution in [3.63, 3.8) is 0 Å². The fourth-order valence-electron chi connectivity index (χ4n) is 7.40. The molecule has 2 aliphatic rings. The molecule has 2 aliphatic heterocycles. The van der Waals surface area contributed by atoms with Crippen LogP contribution in [0.2, 0.25) is 0 Å². The molecule has 48 heavy (non-hydrogen) atoms. The van der Waals surface area contributed by atoms with E-state index in [0.29, 0.717) is 0 Å². The van der Waals surface area contributed by atoms with E-state index in [1.807, 2.05) is 0 Å². The number of nitrogens with one attached hydrogen (secondary N) is 1. The lowest BCUT2D eigenvalue weighted by Crippen LogP contribution is -2.22. The topological polar surface area (TPSA) is 24.4 Å². The molecule has 2 heterocycles. The second-order valence-electron chi connectivity index (χ2n) is 12.7. The van der Waals surface area contributed by atoms with Crippen LogP contribution >= 0.6 is 0 Å². The molecule has 228 valence electrons. The van der Waals surface area contributed by atoms with E-state index in [-0.39, 0.29) is 6.04 Å². The first-order valence-corrected chi connectivity index (χ1v) is 16.8. The summed E-state index contributed by atoms with van der Waals surface area (Å²) in [7, 11) is 0. The number of hydrogen-bond donors (Lipinski definition) is 1. The van der Waals surface area contributed by atoms with Crippen LogP contribution in [0.25, 0.3) is 55.1 Å². The van der Waals surface area contributed by atoms with E-state index >= 15 is 0 Å². The molecule has 0 radical (unpaired) electrons. The largest absolute Gasteiger partial charge is 0.374 e. The Morgan fingerprint density at radius 1 is 0.542 bits per heavy atom. The molecule has 7 aromatic rings. The third-order valence-electron chi connectivity index (χ3n) is 9.74. The van der Waals surface area contributed by atoms with Crippen LogP contribution < -0.4 is 5.32 Å². The number of aryl methyl sites for hydroxylation is 1. The van der Waals surface area contributed by atoms with Crippen LogP contribution in [0.1, 0.15) is 34.7 Å². The molecular weight excluding hydrogens is 581 g/mol. The Bertz CT molecular complexity index is 2420. The van der Waals surface area contributed by atoms with Crippen molar-refractivity contribution in [1.29, 1.82) is 0 Å². The predicted octanol–water partition coefficient (Wildman–Crippen LogP) is 11.7. The number of fused-ring (bicyclic) bond motifs is 4. The molecule has 0 spiro atoms. The first-order valence-electron chi connectivity index (χ1n) is 16.8. The van der Waals surface area contributed by atoms with Crippen LogP contribution in [0.15, 0.2) is 169 Å². The predicted molar refractivity (Wildman–Crippen MR) is 204 cm³/mol. The third kappa shape index (κ3) is 5.12. The van der Waals surface area contributed by atoms with Gasteiger partial charge in [0.25, 0.3) is 0 Å². The van der Waals surface area contributed by atoms with Crippen LogP contribution in [0.5, 0.6) is 0 Å². The van der Waals surface area contributed by atoms with E-state index in [1.165, 1.54) is 71.6 Å². The molecule has 0 fully saturated rings. The van der Waals surface area contributed by atoms with Gasteiger partial charge in [0, 0.05) is 17.5 Å². The van der Waals surface area contributed by atoms with Crippen molar-refractivity contribution in [2.45, 2.75) is 18.9 Å². The molecule has 1 N–H and O–H groups in total. The number of allylic oxidation sites excluding steroid dienone is 2. The van der Waals surface area contributed by atoms with Gasteiger partial charge >= 0.3 is 0 Å². The SMILES string of the molecule is C1=Nc2c(cccc2-c2cc(-c3cc4ccccc4c4ccccc34)cc(C3C=C(c4ccccc4)C=C(c4ccccc4)N3)c2)CC1. The molecule has 0 saturated carbocycles. The van der Waals surface area contributed by atoms with Gasteiger partial charge in [-0.25, -0.2) is 0 Å². The summed E-state index contributed by atoms with van der Waals surface area (Å²) in [6.45, 7) is 0. The summed E-state index contributed by atoms with van der Waals surface area (Å²) in [5.41, 5.74) is 13.1. The second-order valence-corrected chi connectivity index (χ2v) is 12.7. The molecule has 1 unspecified atom stereocenters. The molecule has 0 aromatic heterocycles. The number of aliphatic imine (C=N–C) groups is 1. The van der Waals surface area contributed by atoms with Gasteiger partial charge in [-0.1, -0.05) is 127 Å². The Morgan fingerprint density at radius 3 is 2.04 bits per heavy atom. The fourth-order valence-corrected chi connectivity index (χ4v) is 7.40. The maximum atomic E-state index is 4.95. The van der Waals surface area contributed by atoms with Crippen molar-refractivity contribution in [3.05, 3.63) is 186 Å². The van der Waals surface area contributed by atoms with Crippen LogP contribution in [-0.2, 0) is 6.42 Å². The molecule has 2 heteroatoms. The smallest absolute Gasteiger partial charge is 0.0736 e. The number of dihydropyridines is 1. The maximum Gasteiger partial charge on any atom is 0.0736 e. The van der Waals surface area contributed by atoms with Gasteiger partial charge in [-0.15, -0.1) is 0 Å². The lowest BCUT2D eigenvalue weighted by molar-refractivity contribution is 0.767. The Labute approximate surface area is 281 Å². The van der Waals surface area contributed by atoms with Crippen molar-refractivity contribution >= 4 is 44.7 Å². The minimum absolute atomic E-state index is 0.0473. The first kappa shape index (κ1) is 28.3. The highest BCUT2D eigenvalue weighted by molar-refractivity contribution is 6.14. The maximum absolute atomic E-state index is 4.95. The second kappa shape index (κ2) is 12.0. The Kier molecular flexibility index (Phi) is 7.05. The molecule has 9 rings (SSSR count). The standard InChI is InChI=1S/C46H34N2/c1-3-13-31(14-4-1)35-29-44(32-15-5-2-6-16-32)48-45(30-35)38-26-36(40-23-11-18-33-19-12-24-47-46(33)40)25-37(27-38)43-28-34-17-7-8-20-39(34)41-21-9-10-22-42(41)43/h1-11,13-18,20-30,45,48H,12,19H2. The average Bonchev–Trinajstić information content (AvgIpc) is 3.17. The van der Waals surface area contributed by atoms with Gasteiger partial charge in [-0.3, -0.25) is 4.99 Å². The van der Waals surface area contributed by atoms with E-state index in [2.05, 4.69) is 175 Å². The summed E-state index contributed by atoms with van der Waals surface area (Å²) in [4.78, 5) is 4.95. The number of para-hydroxylation sites is 1. The van der Waals surface area contributed by atoms with E-state index in [4.69, 9.17) is 4.99 Å². The van der Waals surface area contributed by atoms with Crippen molar-refractivity contribution in [3.8, 4) is 22.3 Å². The average molecular weight is 615 g/mol. The highest BCUT2D eigenvalue weighted by atomic mass is 14.9. The molecule has 1 atom stereocenters. The van der Waals surface area contributed by atoms with Gasteiger partial charge in [0.15, 0.2) is 0 Å². The van der Waals surface area contributed by atoms with Crippen molar-refractivity contribution in [2.24, 2.45) is 4.99 Å². The molecular formula is C46H34N2. The van der Waals surface area contributed by atoms with Crippen molar-refractivity contribution < 1.29 is 0 Å². The molecule has 0 bridgehead atoms. The van der Waals surface area contributed by atoms with Crippen LogP contribution in [-0.4, -0.2) is 6.21 Å². The Morgan fingerprint density at radius 2 is 1.23 bits per heavy atom. The zero-order valence-electron chi connectivity index (χ0n) is 26.6. The first-order chi connectivity index (χ1) is 23.8. The van der Waals surface area contributed by atoms with Gasteiger partial charge in [0.2, 0.25) is 0 Å².